The Labute approximate surface area is 193 Å². The van der Waals surface area contributed by atoms with Crippen molar-refractivity contribution in [1.29, 1.82) is 0 Å². The van der Waals surface area contributed by atoms with Crippen LogP contribution in [0.15, 0.2) is 27.4 Å². The summed E-state index contributed by atoms with van der Waals surface area (Å²) in [4.78, 5) is 38.5. The van der Waals surface area contributed by atoms with Crippen LogP contribution in [0.4, 0.5) is 0 Å². The summed E-state index contributed by atoms with van der Waals surface area (Å²) in [6.45, 7) is 11.9. The molecule has 7 heteroatoms. The van der Waals surface area contributed by atoms with Gasteiger partial charge in [0.15, 0.2) is 5.43 Å². The molecule has 2 atom stereocenters. The summed E-state index contributed by atoms with van der Waals surface area (Å²) in [7, 11) is 0. The third-order valence-electron chi connectivity index (χ3n) is 7.69. The summed E-state index contributed by atoms with van der Waals surface area (Å²) >= 11 is 0. The topological polar surface area (TPSA) is 92.0 Å². The van der Waals surface area contributed by atoms with E-state index in [4.69, 9.17) is 18.6 Å². The fraction of sp³-hybridized carbons (Fsp3) is 0.577. The zero-order valence-electron chi connectivity index (χ0n) is 20.2. The van der Waals surface area contributed by atoms with Crippen molar-refractivity contribution in [1.82, 2.24) is 0 Å². The number of carbonyl (C=O) groups is 2. The fourth-order valence-electron chi connectivity index (χ4n) is 4.96. The molecule has 2 fully saturated rings. The molecule has 0 unspecified atom stereocenters. The molecular weight excluding hydrogens is 424 g/mol. The van der Waals surface area contributed by atoms with Crippen LogP contribution in [0, 0.1) is 16.7 Å². The third-order valence-corrected chi connectivity index (χ3v) is 7.69. The molecule has 0 spiro atoms. The molecule has 2 heterocycles. The molecule has 0 radical (unpaired) electrons. The Hall–Kier alpha value is -2.83. The first-order chi connectivity index (χ1) is 15.5. The normalized spacial score (nSPS) is 25.5. The molecular formula is C26H32O7. The zero-order valence-corrected chi connectivity index (χ0v) is 20.2. The minimum Gasteiger partial charge on any atom is -0.493 e. The predicted octanol–water partition coefficient (Wildman–Crippen LogP) is 4.56. The number of esters is 2. The average molecular weight is 457 g/mol. The van der Waals surface area contributed by atoms with E-state index in [9.17, 15) is 14.4 Å². The molecule has 2 bridgehead atoms. The maximum absolute atomic E-state index is 13.4. The first kappa shape index (κ1) is 23.3. The molecule has 0 N–H and O–H groups in total. The summed E-state index contributed by atoms with van der Waals surface area (Å²) < 4.78 is 23.4. The third kappa shape index (κ3) is 3.35. The Morgan fingerprint density at radius 3 is 2.45 bits per heavy atom. The molecule has 178 valence electrons. The highest BCUT2D eigenvalue weighted by atomic mass is 16.6. The summed E-state index contributed by atoms with van der Waals surface area (Å²) in [5.74, 6) is 0.371. The van der Waals surface area contributed by atoms with Crippen LogP contribution in [0.1, 0.15) is 65.7 Å². The highest BCUT2D eigenvalue weighted by Crippen LogP contribution is 2.65. The molecule has 1 aromatic carbocycles. The number of hydrogen-bond acceptors (Lipinski definition) is 7. The zero-order chi connectivity index (χ0) is 24.2. The van der Waals surface area contributed by atoms with Crippen LogP contribution in [-0.2, 0) is 32.1 Å². The molecule has 1 aliphatic carbocycles. The minimum absolute atomic E-state index is 0.160. The van der Waals surface area contributed by atoms with Crippen molar-refractivity contribution in [2.45, 2.75) is 73.0 Å². The number of ether oxygens (including phenoxy) is 3. The van der Waals surface area contributed by atoms with Gasteiger partial charge in [-0.1, -0.05) is 34.6 Å². The van der Waals surface area contributed by atoms with Gasteiger partial charge in [0.25, 0.3) is 0 Å². The van der Waals surface area contributed by atoms with Crippen LogP contribution in [0.3, 0.4) is 0 Å². The largest absolute Gasteiger partial charge is 0.493 e. The number of fused-ring (bicyclic) bond motifs is 3. The second-order valence-corrected chi connectivity index (χ2v) is 10.3. The van der Waals surface area contributed by atoms with E-state index < -0.39 is 22.4 Å². The van der Waals surface area contributed by atoms with E-state index in [2.05, 4.69) is 0 Å². The van der Waals surface area contributed by atoms with Gasteiger partial charge >= 0.3 is 11.9 Å². The number of aryl methyl sites for hydroxylation is 1. The van der Waals surface area contributed by atoms with Crippen LogP contribution >= 0.6 is 0 Å². The van der Waals surface area contributed by atoms with Gasteiger partial charge in [0.1, 0.15) is 23.7 Å². The Morgan fingerprint density at radius 1 is 1.15 bits per heavy atom. The van der Waals surface area contributed by atoms with Crippen molar-refractivity contribution < 1.29 is 28.2 Å². The molecule has 0 amide bonds. The number of carbonyl (C=O) groups excluding carboxylic acids is 2. The SMILES string of the molecule is CCc1cc(=O)c2ccc(OCC(C)C)c(COC(=O)[C@]34CC[C@](C)(C(=O)O3)C4(C)C)c2o1. The monoisotopic (exact) mass is 456 g/mol. The maximum Gasteiger partial charge on any atom is 0.351 e. The van der Waals surface area contributed by atoms with Crippen molar-refractivity contribution in [3.05, 3.63) is 39.7 Å². The van der Waals surface area contributed by atoms with E-state index >= 15 is 0 Å². The smallest absolute Gasteiger partial charge is 0.351 e. The van der Waals surface area contributed by atoms with Crippen LogP contribution in [0.25, 0.3) is 11.0 Å². The molecule has 1 aromatic heterocycles. The molecule has 1 aliphatic heterocycles. The molecule has 1 saturated carbocycles. The van der Waals surface area contributed by atoms with Crippen LogP contribution in [0.5, 0.6) is 5.75 Å². The summed E-state index contributed by atoms with van der Waals surface area (Å²) in [5, 5.41) is 0.398. The number of benzene rings is 1. The molecule has 7 nitrogen and oxygen atoms in total. The molecule has 1 saturated heterocycles. The van der Waals surface area contributed by atoms with Crippen LogP contribution < -0.4 is 10.2 Å². The first-order valence-electron chi connectivity index (χ1n) is 11.6. The predicted molar refractivity (Wildman–Crippen MR) is 122 cm³/mol. The lowest BCUT2D eigenvalue weighted by Crippen LogP contribution is -2.48. The fourth-order valence-corrected chi connectivity index (χ4v) is 4.96. The Bertz CT molecular complexity index is 1180. The van der Waals surface area contributed by atoms with Crippen molar-refractivity contribution in [2.75, 3.05) is 6.61 Å². The van der Waals surface area contributed by atoms with E-state index in [0.717, 1.165) is 0 Å². The number of hydrogen-bond donors (Lipinski definition) is 0. The van der Waals surface area contributed by atoms with E-state index in [0.29, 0.717) is 53.9 Å². The van der Waals surface area contributed by atoms with Crippen molar-refractivity contribution >= 4 is 22.9 Å². The van der Waals surface area contributed by atoms with Crippen LogP contribution in [0.2, 0.25) is 0 Å². The summed E-state index contributed by atoms with van der Waals surface area (Å²) in [5.41, 5.74) is -2.06. The van der Waals surface area contributed by atoms with Crippen molar-refractivity contribution in [2.24, 2.45) is 16.7 Å². The summed E-state index contributed by atoms with van der Waals surface area (Å²) in [6.07, 6.45) is 1.54. The second kappa shape index (κ2) is 7.89. The lowest BCUT2D eigenvalue weighted by Gasteiger charge is -2.34. The van der Waals surface area contributed by atoms with Crippen molar-refractivity contribution in [3.8, 4) is 5.75 Å². The quantitative estimate of drug-likeness (QED) is 0.564. The highest BCUT2D eigenvalue weighted by molar-refractivity contribution is 5.93. The molecule has 33 heavy (non-hydrogen) atoms. The summed E-state index contributed by atoms with van der Waals surface area (Å²) in [6, 6.07) is 4.86. The average Bonchev–Trinajstić information content (AvgIpc) is 3.06. The molecule has 4 rings (SSSR count). The lowest BCUT2D eigenvalue weighted by atomic mass is 9.66. The van der Waals surface area contributed by atoms with Crippen LogP contribution in [-0.4, -0.2) is 24.1 Å². The minimum atomic E-state index is -1.32. The molecule has 2 aromatic rings. The van der Waals surface area contributed by atoms with Gasteiger partial charge in [-0.2, -0.15) is 0 Å². The number of rotatable bonds is 7. The van der Waals surface area contributed by atoms with E-state index in [1.165, 1.54) is 6.07 Å². The maximum atomic E-state index is 13.4. The van der Waals surface area contributed by atoms with Crippen molar-refractivity contribution in [3.63, 3.8) is 0 Å². The van der Waals surface area contributed by atoms with Gasteiger partial charge in [0, 0.05) is 17.9 Å². The van der Waals surface area contributed by atoms with E-state index in [-0.39, 0.29) is 23.9 Å². The van der Waals surface area contributed by atoms with E-state index in [1.54, 1.807) is 12.1 Å². The Balaban J connectivity index is 1.71. The highest BCUT2D eigenvalue weighted by Gasteiger charge is 2.76. The van der Waals surface area contributed by atoms with Gasteiger partial charge in [-0.15, -0.1) is 0 Å². The lowest BCUT2D eigenvalue weighted by molar-refractivity contribution is -0.184. The van der Waals surface area contributed by atoms with Gasteiger partial charge in [0.2, 0.25) is 5.60 Å². The van der Waals surface area contributed by atoms with E-state index in [1.807, 2.05) is 41.5 Å². The van der Waals surface area contributed by atoms with Gasteiger partial charge in [-0.3, -0.25) is 9.59 Å². The van der Waals surface area contributed by atoms with Gasteiger partial charge < -0.3 is 18.6 Å². The van der Waals surface area contributed by atoms with Gasteiger partial charge in [-0.05, 0) is 37.8 Å². The van der Waals surface area contributed by atoms with Gasteiger partial charge in [-0.25, -0.2) is 4.79 Å². The second-order valence-electron chi connectivity index (χ2n) is 10.3. The molecule has 2 aliphatic rings. The standard InChI is InChI=1S/C26H32O7/c1-7-16-12-19(27)17-8-9-20(30-13-15(2)3)18(21(17)32-16)14-31-23(29)26-11-10-25(6,22(28)33-26)24(26,4)5/h8-9,12,15H,7,10-11,13-14H2,1-6H3/t25-,26+/m1/s1. The first-order valence-corrected chi connectivity index (χ1v) is 11.6. The Morgan fingerprint density at radius 2 is 1.88 bits per heavy atom. The Kier molecular flexibility index (Phi) is 5.58. The van der Waals surface area contributed by atoms with Gasteiger partial charge in [0.05, 0.1) is 23.0 Å².